The van der Waals surface area contributed by atoms with E-state index < -0.39 is 14.2 Å². The first kappa shape index (κ1) is 10.8. The van der Waals surface area contributed by atoms with Crippen LogP contribution in [0.15, 0.2) is 24.3 Å². The third-order valence-corrected chi connectivity index (χ3v) is 3.93. The number of amides is 1. The van der Waals surface area contributed by atoms with E-state index in [2.05, 4.69) is 19.6 Å². The molecule has 76 valence electrons. The highest BCUT2D eigenvalue weighted by Gasteiger charge is 2.21. The standard InChI is InChI=1S/C10H15NO2Si/c1-14(2,3)9-7-5-4-6-8(9)13-10(11)12/h4-7H,1-3H3,(H2,11,12). The third-order valence-electron chi connectivity index (χ3n) is 1.91. The van der Waals surface area contributed by atoms with Crippen LogP contribution in [-0.4, -0.2) is 14.2 Å². The molecule has 0 saturated heterocycles. The molecule has 1 aromatic carbocycles. The third kappa shape index (κ3) is 2.60. The molecule has 1 aromatic rings. The van der Waals surface area contributed by atoms with Crippen LogP contribution in [0.25, 0.3) is 0 Å². The molecule has 4 heteroatoms. The van der Waals surface area contributed by atoms with Crippen molar-refractivity contribution < 1.29 is 9.53 Å². The van der Waals surface area contributed by atoms with Gasteiger partial charge in [0.15, 0.2) is 0 Å². The van der Waals surface area contributed by atoms with Crippen molar-refractivity contribution in [3.8, 4) is 5.75 Å². The fourth-order valence-electron chi connectivity index (χ4n) is 1.28. The SMILES string of the molecule is C[Si](C)(C)c1ccccc1OC(N)=O. The highest BCUT2D eigenvalue weighted by atomic mass is 28.3. The van der Waals surface area contributed by atoms with Gasteiger partial charge in [-0.05, 0) is 11.3 Å². The largest absolute Gasteiger partial charge is 0.411 e. The van der Waals surface area contributed by atoms with E-state index in [0.29, 0.717) is 5.75 Å². The summed E-state index contributed by atoms with van der Waals surface area (Å²) >= 11 is 0. The van der Waals surface area contributed by atoms with Gasteiger partial charge in [-0.3, -0.25) is 0 Å². The maximum absolute atomic E-state index is 10.7. The van der Waals surface area contributed by atoms with Gasteiger partial charge in [0.1, 0.15) is 5.75 Å². The summed E-state index contributed by atoms with van der Waals surface area (Å²) in [5, 5.41) is 1.11. The van der Waals surface area contributed by atoms with Gasteiger partial charge in [0.2, 0.25) is 0 Å². The van der Waals surface area contributed by atoms with Crippen molar-refractivity contribution in [1.29, 1.82) is 0 Å². The van der Waals surface area contributed by atoms with E-state index in [-0.39, 0.29) is 0 Å². The molecule has 0 fully saturated rings. The van der Waals surface area contributed by atoms with Gasteiger partial charge in [0.25, 0.3) is 0 Å². The van der Waals surface area contributed by atoms with E-state index in [0.717, 1.165) is 5.19 Å². The van der Waals surface area contributed by atoms with Gasteiger partial charge in [-0.15, -0.1) is 0 Å². The second-order valence-electron chi connectivity index (χ2n) is 4.17. The van der Waals surface area contributed by atoms with Crippen molar-refractivity contribution in [2.45, 2.75) is 19.6 Å². The summed E-state index contributed by atoms with van der Waals surface area (Å²) in [5.74, 6) is 0.596. The molecule has 0 unspecified atom stereocenters. The molecule has 0 aliphatic rings. The van der Waals surface area contributed by atoms with Gasteiger partial charge < -0.3 is 10.5 Å². The van der Waals surface area contributed by atoms with Gasteiger partial charge in [-0.25, -0.2) is 4.79 Å². The Bertz CT molecular complexity index is 344. The molecule has 0 aliphatic carbocycles. The average Bonchev–Trinajstić information content (AvgIpc) is 2.01. The molecule has 0 radical (unpaired) electrons. The van der Waals surface area contributed by atoms with Crippen molar-refractivity contribution in [3.05, 3.63) is 24.3 Å². The van der Waals surface area contributed by atoms with Crippen molar-refractivity contribution in [2.24, 2.45) is 5.73 Å². The Morgan fingerprint density at radius 1 is 1.29 bits per heavy atom. The topological polar surface area (TPSA) is 52.3 Å². The number of hydrogen-bond donors (Lipinski definition) is 1. The summed E-state index contributed by atoms with van der Waals surface area (Å²) in [6, 6.07) is 7.55. The Balaban J connectivity index is 3.10. The van der Waals surface area contributed by atoms with Crippen LogP contribution in [0.2, 0.25) is 19.6 Å². The number of nitrogens with two attached hydrogens (primary N) is 1. The Kier molecular flexibility index (Phi) is 2.95. The molecule has 3 nitrogen and oxygen atoms in total. The minimum absolute atomic E-state index is 0.596. The van der Waals surface area contributed by atoms with Crippen molar-refractivity contribution >= 4 is 19.4 Å². The molecule has 1 amide bonds. The summed E-state index contributed by atoms with van der Waals surface area (Å²) in [6.45, 7) is 6.57. The zero-order valence-corrected chi connectivity index (χ0v) is 9.70. The molecule has 0 bridgehead atoms. The van der Waals surface area contributed by atoms with Crippen LogP contribution >= 0.6 is 0 Å². The van der Waals surface area contributed by atoms with Gasteiger partial charge in [0.05, 0.1) is 8.07 Å². The zero-order valence-electron chi connectivity index (χ0n) is 8.70. The first-order valence-electron chi connectivity index (χ1n) is 4.48. The van der Waals surface area contributed by atoms with Crippen LogP contribution in [0.3, 0.4) is 0 Å². The maximum atomic E-state index is 10.7. The molecule has 0 saturated carbocycles. The summed E-state index contributed by atoms with van der Waals surface area (Å²) in [7, 11) is -1.48. The quantitative estimate of drug-likeness (QED) is 0.754. The number of hydrogen-bond acceptors (Lipinski definition) is 2. The predicted molar refractivity (Wildman–Crippen MR) is 59.6 cm³/mol. The van der Waals surface area contributed by atoms with Gasteiger partial charge >= 0.3 is 6.09 Å². The molecule has 1 rings (SSSR count). The Hall–Kier alpha value is -1.29. The van der Waals surface area contributed by atoms with Crippen molar-refractivity contribution in [1.82, 2.24) is 0 Å². The normalized spacial score (nSPS) is 11.1. The summed E-state index contributed by atoms with van der Waals surface area (Å²) < 4.78 is 4.95. The first-order chi connectivity index (χ1) is 6.41. The van der Waals surface area contributed by atoms with Gasteiger partial charge in [0, 0.05) is 0 Å². The summed E-state index contributed by atoms with van der Waals surface area (Å²) in [4.78, 5) is 10.7. The highest BCUT2D eigenvalue weighted by molar-refractivity contribution is 6.89. The van der Waals surface area contributed by atoms with E-state index in [1.54, 1.807) is 6.07 Å². The average molecular weight is 209 g/mol. The second-order valence-corrected chi connectivity index (χ2v) is 9.21. The smallest absolute Gasteiger partial charge is 0.409 e. The molecule has 0 heterocycles. The lowest BCUT2D eigenvalue weighted by atomic mass is 10.3. The van der Waals surface area contributed by atoms with E-state index in [1.807, 2.05) is 18.2 Å². The number of carbonyl (C=O) groups excluding carboxylic acids is 1. The highest BCUT2D eigenvalue weighted by Crippen LogP contribution is 2.13. The van der Waals surface area contributed by atoms with Crippen LogP contribution < -0.4 is 15.7 Å². The van der Waals surface area contributed by atoms with E-state index in [4.69, 9.17) is 10.5 Å². The number of rotatable bonds is 2. The van der Waals surface area contributed by atoms with Crippen molar-refractivity contribution in [2.75, 3.05) is 0 Å². The van der Waals surface area contributed by atoms with E-state index in [1.165, 1.54) is 0 Å². The molecule has 0 aliphatic heterocycles. The summed E-state index contributed by atoms with van der Waals surface area (Å²) in [6.07, 6.45) is -0.754. The lowest BCUT2D eigenvalue weighted by Crippen LogP contribution is -2.39. The Morgan fingerprint density at radius 3 is 2.36 bits per heavy atom. The Labute approximate surface area is 84.9 Å². The minimum atomic E-state index is -1.48. The lowest BCUT2D eigenvalue weighted by molar-refractivity contribution is 0.211. The number of primary amides is 1. The van der Waals surface area contributed by atoms with E-state index >= 15 is 0 Å². The van der Waals surface area contributed by atoms with E-state index in [9.17, 15) is 4.79 Å². The monoisotopic (exact) mass is 209 g/mol. The zero-order chi connectivity index (χ0) is 10.8. The first-order valence-corrected chi connectivity index (χ1v) is 7.98. The van der Waals surface area contributed by atoms with Crippen LogP contribution in [0.1, 0.15) is 0 Å². The van der Waals surface area contributed by atoms with Gasteiger partial charge in [-0.1, -0.05) is 37.8 Å². The number of para-hydroxylation sites is 1. The summed E-state index contributed by atoms with van der Waals surface area (Å²) in [5.41, 5.74) is 4.99. The molecule has 0 spiro atoms. The molecule has 0 atom stereocenters. The predicted octanol–water partition coefficient (Wildman–Crippen LogP) is 1.69. The van der Waals surface area contributed by atoms with Crippen LogP contribution in [-0.2, 0) is 0 Å². The van der Waals surface area contributed by atoms with Crippen LogP contribution in [0, 0.1) is 0 Å². The molecular weight excluding hydrogens is 194 g/mol. The molecule has 0 aromatic heterocycles. The molecule has 14 heavy (non-hydrogen) atoms. The fourth-order valence-corrected chi connectivity index (χ4v) is 2.75. The maximum Gasteiger partial charge on any atom is 0.409 e. The van der Waals surface area contributed by atoms with Crippen molar-refractivity contribution in [3.63, 3.8) is 0 Å². The Morgan fingerprint density at radius 2 is 1.86 bits per heavy atom. The van der Waals surface area contributed by atoms with Crippen LogP contribution in [0.5, 0.6) is 5.75 Å². The number of carbonyl (C=O) groups is 1. The fraction of sp³-hybridized carbons (Fsp3) is 0.300. The van der Waals surface area contributed by atoms with Crippen LogP contribution in [0.4, 0.5) is 4.79 Å². The minimum Gasteiger partial charge on any atom is -0.411 e. The lowest BCUT2D eigenvalue weighted by Gasteiger charge is -2.19. The van der Waals surface area contributed by atoms with Gasteiger partial charge in [-0.2, -0.15) is 0 Å². The molecule has 2 N–H and O–H groups in total. The second kappa shape index (κ2) is 3.83. The molecular formula is C10H15NO2Si. The number of ether oxygens (including phenoxy) is 1. The number of benzene rings is 1.